The van der Waals surface area contributed by atoms with Crippen LogP contribution < -0.4 is 9.64 Å². The Bertz CT molecular complexity index is 357. The van der Waals surface area contributed by atoms with E-state index in [-0.39, 0.29) is 0 Å². The quantitative estimate of drug-likeness (QED) is 0.726. The highest BCUT2D eigenvalue weighted by Gasteiger charge is 2.29. The molecule has 2 rings (SSSR count). The van der Waals surface area contributed by atoms with Crippen molar-refractivity contribution in [2.75, 3.05) is 23.4 Å². The van der Waals surface area contributed by atoms with Crippen molar-refractivity contribution in [3.8, 4) is 5.88 Å². The molecular formula is C12H18BrN3O. The first-order valence-electron chi connectivity index (χ1n) is 6.12. The standard InChI is InChI=1S/C12H18BrN3O/c1-2-7-17-12-8-11(14-9-15-12)16(6-5-13)10-3-4-10/h8-10H,2-7H2,1H3. The first-order valence-corrected chi connectivity index (χ1v) is 7.24. The van der Waals surface area contributed by atoms with Crippen LogP contribution in [0.25, 0.3) is 0 Å². The molecule has 0 saturated heterocycles. The van der Waals surface area contributed by atoms with E-state index in [1.165, 1.54) is 12.8 Å². The van der Waals surface area contributed by atoms with Gasteiger partial charge in [0.2, 0.25) is 5.88 Å². The lowest BCUT2D eigenvalue weighted by Crippen LogP contribution is -2.28. The second-order valence-electron chi connectivity index (χ2n) is 4.18. The normalized spacial score (nSPS) is 14.7. The average molecular weight is 300 g/mol. The zero-order chi connectivity index (χ0) is 12.1. The number of anilines is 1. The van der Waals surface area contributed by atoms with Gasteiger partial charge in [0.15, 0.2) is 0 Å². The summed E-state index contributed by atoms with van der Waals surface area (Å²) in [6.45, 7) is 3.77. The first kappa shape index (κ1) is 12.6. The molecule has 1 saturated carbocycles. The predicted molar refractivity (Wildman–Crippen MR) is 72.0 cm³/mol. The van der Waals surface area contributed by atoms with E-state index in [1.54, 1.807) is 6.33 Å². The van der Waals surface area contributed by atoms with Crippen molar-refractivity contribution in [2.45, 2.75) is 32.2 Å². The van der Waals surface area contributed by atoms with E-state index < -0.39 is 0 Å². The molecule has 1 aliphatic carbocycles. The maximum atomic E-state index is 5.53. The molecule has 0 aromatic carbocycles. The van der Waals surface area contributed by atoms with Gasteiger partial charge in [-0.05, 0) is 19.3 Å². The van der Waals surface area contributed by atoms with Crippen LogP contribution in [-0.4, -0.2) is 34.5 Å². The first-order chi connectivity index (χ1) is 8.35. The van der Waals surface area contributed by atoms with Crippen LogP contribution in [0.5, 0.6) is 5.88 Å². The molecule has 0 bridgehead atoms. The van der Waals surface area contributed by atoms with Gasteiger partial charge in [0.1, 0.15) is 12.1 Å². The number of rotatable bonds is 7. The topological polar surface area (TPSA) is 38.2 Å². The van der Waals surface area contributed by atoms with Gasteiger partial charge in [-0.15, -0.1) is 0 Å². The molecule has 1 aromatic heterocycles. The van der Waals surface area contributed by atoms with Crippen LogP contribution in [-0.2, 0) is 0 Å². The summed E-state index contributed by atoms with van der Waals surface area (Å²) in [6.07, 6.45) is 5.11. The van der Waals surface area contributed by atoms with Gasteiger partial charge in [-0.25, -0.2) is 9.97 Å². The summed E-state index contributed by atoms with van der Waals surface area (Å²) < 4.78 is 5.53. The molecule has 0 N–H and O–H groups in total. The molecule has 17 heavy (non-hydrogen) atoms. The summed E-state index contributed by atoms with van der Waals surface area (Å²) >= 11 is 3.49. The largest absolute Gasteiger partial charge is 0.478 e. The minimum Gasteiger partial charge on any atom is -0.478 e. The zero-order valence-corrected chi connectivity index (χ0v) is 11.7. The van der Waals surface area contributed by atoms with Crippen LogP contribution in [0.3, 0.4) is 0 Å². The summed E-state index contributed by atoms with van der Waals surface area (Å²) in [5.41, 5.74) is 0. The van der Waals surface area contributed by atoms with E-state index in [1.807, 2.05) is 6.07 Å². The molecule has 0 spiro atoms. The van der Waals surface area contributed by atoms with Crippen LogP contribution in [0.4, 0.5) is 5.82 Å². The summed E-state index contributed by atoms with van der Waals surface area (Å²) in [5, 5.41) is 0.957. The Labute approximate surface area is 111 Å². The summed E-state index contributed by atoms with van der Waals surface area (Å²) in [7, 11) is 0. The van der Waals surface area contributed by atoms with Crippen molar-refractivity contribution in [3.05, 3.63) is 12.4 Å². The molecular weight excluding hydrogens is 282 g/mol. The molecule has 0 radical (unpaired) electrons. The second kappa shape index (κ2) is 6.19. The van der Waals surface area contributed by atoms with Gasteiger partial charge in [0, 0.05) is 24.0 Å². The summed E-state index contributed by atoms with van der Waals surface area (Å²) in [5.74, 6) is 1.66. The van der Waals surface area contributed by atoms with Gasteiger partial charge in [-0.1, -0.05) is 22.9 Å². The van der Waals surface area contributed by atoms with Crippen molar-refractivity contribution in [3.63, 3.8) is 0 Å². The van der Waals surface area contributed by atoms with Crippen molar-refractivity contribution in [1.82, 2.24) is 9.97 Å². The van der Waals surface area contributed by atoms with Crippen molar-refractivity contribution >= 4 is 21.7 Å². The van der Waals surface area contributed by atoms with Gasteiger partial charge < -0.3 is 9.64 Å². The minimum absolute atomic E-state index is 0.654. The summed E-state index contributed by atoms with van der Waals surface area (Å²) in [6, 6.07) is 2.60. The molecule has 0 aliphatic heterocycles. The monoisotopic (exact) mass is 299 g/mol. The Morgan fingerprint density at radius 2 is 2.29 bits per heavy atom. The number of aromatic nitrogens is 2. The van der Waals surface area contributed by atoms with E-state index in [0.29, 0.717) is 18.5 Å². The molecule has 1 aromatic rings. The molecule has 4 nitrogen and oxygen atoms in total. The lowest BCUT2D eigenvalue weighted by atomic mass is 10.4. The Hall–Kier alpha value is -0.840. The van der Waals surface area contributed by atoms with Gasteiger partial charge in [-0.2, -0.15) is 0 Å². The molecule has 0 atom stereocenters. The highest BCUT2D eigenvalue weighted by Crippen LogP contribution is 2.31. The molecule has 1 fully saturated rings. The third kappa shape index (κ3) is 3.56. The molecule has 94 valence electrons. The highest BCUT2D eigenvalue weighted by atomic mass is 79.9. The second-order valence-corrected chi connectivity index (χ2v) is 4.97. The Balaban J connectivity index is 2.07. The SMILES string of the molecule is CCCOc1cc(N(CCBr)C2CC2)ncn1. The minimum atomic E-state index is 0.654. The van der Waals surface area contributed by atoms with Gasteiger partial charge >= 0.3 is 0 Å². The van der Waals surface area contributed by atoms with Crippen molar-refractivity contribution < 1.29 is 4.74 Å². The fourth-order valence-corrected chi connectivity index (χ4v) is 2.12. The number of ether oxygens (including phenoxy) is 1. The van der Waals surface area contributed by atoms with E-state index >= 15 is 0 Å². The number of halogens is 1. The fraction of sp³-hybridized carbons (Fsp3) is 0.667. The van der Waals surface area contributed by atoms with Crippen LogP contribution in [0.1, 0.15) is 26.2 Å². The van der Waals surface area contributed by atoms with E-state index in [9.17, 15) is 0 Å². The molecule has 1 aliphatic rings. The number of alkyl halides is 1. The molecule has 5 heteroatoms. The summed E-state index contributed by atoms with van der Waals surface area (Å²) in [4.78, 5) is 10.8. The number of nitrogens with zero attached hydrogens (tertiary/aromatic N) is 3. The Morgan fingerprint density at radius 1 is 1.47 bits per heavy atom. The Morgan fingerprint density at radius 3 is 2.94 bits per heavy atom. The predicted octanol–water partition coefficient (Wildman–Crippen LogP) is 2.63. The van der Waals surface area contributed by atoms with Gasteiger partial charge in [0.25, 0.3) is 0 Å². The van der Waals surface area contributed by atoms with Crippen LogP contribution in [0, 0.1) is 0 Å². The van der Waals surface area contributed by atoms with E-state index in [0.717, 1.165) is 24.1 Å². The Kier molecular flexibility index (Phi) is 4.59. The highest BCUT2D eigenvalue weighted by molar-refractivity contribution is 9.09. The van der Waals surface area contributed by atoms with Crippen molar-refractivity contribution in [1.29, 1.82) is 0 Å². The third-order valence-corrected chi connectivity index (χ3v) is 3.04. The maximum absolute atomic E-state index is 5.53. The van der Waals surface area contributed by atoms with Crippen LogP contribution in [0.2, 0.25) is 0 Å². The van der Waals surface area contributed by atoms with E-state index in [4.69, 9.17) is 4.74 Å². The lowest BCUT2D eigenvalue weighted by molar-refractivity contribution is 0.304. The zero-order valence-electron chi connectivity index (χ0n) is 10.1. The third-order valence-electron chi connectivity index (χ3n) is 2.69. The molecule has 1 heterocycles. The van der Waals surface area contributed by atoms with Gasteiger partial charge in [0.05, 0.1) is 6.61 Å². The molecule has 0 unspecified atom stereocenters. The number of hydrogen-bond donors (Lipinski definition) is 0. The van der Waals surface area contributed by atoms with Gasteiger partial charge in [-0.3, -0.25) is 0 Å². The average Bonchev–Trinajstić information content (AvgIpc) is 3.18. The molecule has 0 amide bonds. The van der Waals surface area contributed by atoms with Crippen molar-refractivity contribution in [2.24, 2.45) is 0 Å². The van der Waals surface area contributed by atoms with Crippen LogP contribution >= 0.6 is 15.9 Å². The van der Waals surface area contributed by atoms with Crippen LogP contribution in [0.15, 0.2) is 12.4 Å². The van der Waals surface area contributed by atoms with E-state index in [2.05, 4.69) is 37.7 Å². The maximum Gasteiger partial charge on any atom is 0.218 e. The number of hydrogen-bond acceptors (Lipinski definition) is 4. The fourth-order valence-electron chi connectivity index (χ4n) is 1.73. The smallest absolute Gasteiger partial charge is 0.218 e. The lowest BCUT2D eigenvalue weighted by Gasteiger charge is -2.22.